The van der Waals surface area contributed by atoms with Crippen molar-refractivity contribution in [3.63, 3.8) is 0 Å². The number of carbonyl (C=O) groups excluding carboxylic acids is 1. The van der Waals surface area contributed by atoms with E-state index in [1.807, 2.05) is 0 Å². The SMILES string of the molecule is COc1c(NC(=O)OC(C)(C)C)ccc2c1OCO2. The van der Waals surface area contributed by atoms with Crippen LogP contribution >= 0.6 is 0 Å². The van der Waals surface area contributed by atoms with Gasteiger partial charge >= 0.3 is 6.09 Å². The van der Waals surface area contributed by atoms with Gasteiger partial charge in [0.05, 0.1) is 12.8 Å². The van der Waals surface area contributed by atoms with E-state index in [4.69, 9.17) is 18.9 Å². The van der Waals surface area contributed by atoms with Gasteiger partial charge in [0.1, 0.15) is 5.60 Å². The number of hydrogen-bond donors (Lipinski definition) is 1. The summed E-state index contributed by atoms with van der Waals surface area (Å²) in [5, 5.41) is 2.63. The molecule has 0 aromatic heterocycles. The van der Waals surface area contributed by atoms with Crippen LogP contribution in [0.15, 0.2) is 12.1 Å². The van der Waals surface area contributed by atoms with Gasteiger partial charge in [-0.25, -0.2) is 4.79 Å². The van der Waals surface area contributed by atoms with Gasteiger partial charge < -0.3 is 18.9 Å². The summed E-state index contributed by atoms with van der Waals surface area (Å²) in [7, 11) is 1.50. The summed E-state index contributed by atoms with van der Waals surface area (Å²) >= 11 is 0. The predicted octanol–water partition coefficient (Wildman–Crippen LogP) is 2.77. The minimum absolute atomic E-state index is 0.140. The minimum Gasteiger partial charge on any atom is -0.491 e. The summed E-state index contributed by atoms with van der Waals surface area (Å²) in [6, 6.07) is 3.38. The van der Waals surface area contributed by atoms with Gasteiger partial charge in [-0.15, -0.1) is 0 Å². The highest BCUT2D eigenvalue weighted by Crippen LogP contribution is 2.45. The Bertz CT molecular complexity index is 493. The maximum Gasteiger partial charge on any atom is 0.412 e. The molecule has 1 amide bonds. The van der Waals surface area contributed by atoms with Crippen LogP contribution in [0.1, 0.15) is 20.8 Å². The van der Waals surface area contributed by atoms with Gasteiger partial charge in [0.25, 0.3) is 0 Å². The number of anilines is 1. The highest BCUT2D eigenvalue weighted by atomic mass is 16.7. The lowest BCUT2D eigenvalue weighted by molar-refractivity contribution is 0.0635. The largest absolute Gasteiger partial charge is 0.491 e. The number of methoxy groups -OCH3 is 1. The van der Waals surface area contributed by atoms with E-state index in [9.17, 15) is 4.79 Å². The van der Waals surface area contributed by atoms with Crippen molar-refractivity contribution < 1.29 is 23.7 Å². The number of hydrogen-bond acceptors (Lipinski definition) is 5. The van der Waals surface area contributed by atoms with Crippen molar-refractivity contribution in [1.29, 1.82) is 0 Å². The maximum atomic E-state index is 11.7. The van der Waals surface area contributed by atoms with E-state index in [0.29, 0.717) is 22.9 Å². The van der Waals surface area contributed by atoms with Gasteiger partial charge in [0.2, 0.25) is 12.5 Å². The molecule has 1 N–H and O–H groups in total. The average molecular weight is 267 g/mol. The molecule has 6 nitrogen and oxygen atoms in total. The van der Waals surface area contributed by atoms with E-state index < -0.39 is 11.7 Å². The van der Waals surface area contributed by atoms with E-state index >= 15 is 0 Å². The van der Waals surface area contributed by atoms with Crippen LogP contribution in [0.2, 0.25) is 0 Å². The number of nitrogens with one attached hydrogen (secondary N) is 1. The molecule has 0 atom stereocenters. The molecule has 1 aromatic carbocycles. The van der Waals surface area contributed by atoms with Crippen molar-refractivity contribution in [2.24, 2.45) is 0 Å². The summed E-state index contributed by atoms with van der Waals surface area (Å²) in [6.45, 7) is 5.53. The average Bonchev–Trinajstić information content (AvgIpc) is 2.74. The third-order valence-corrected chi connectivity index (χ3v) is 2.33. The Morgan fingerprint density at radius 3 is 2.68 bits per heavy atom. The molecule has 1 heterocycles. The first kappa shape index (κ1) is 13.3. The molecule has 104 valence electrons. The Kier molecular flexibility index (Phi) is 3.42. The first-order valence-corrected chi connectivity index (χ1v) is 5.87. The summed E-state index contributed by atoms with van der Waals surface area (Å²) in [5.41, 5.74) is -0.0887. The van der Waals surface area contributed by atoms with Gasteiger partial charge in [-0.2, -0.15) is 0 Å². The van der Waals surface area contributed by atoms with E-state index in [2.05, 4.69) is 5.32 Å². The Labute approximate surface area is 111 Å². The van der Waals surface area contributed by atoms with E-state index in [-0.39, 0.29) is 6.79 Å². The van der Waals surface area contributed by atoms with Crippen molar-refractivity contribution >= 4 is 11.8 Å². The van der Waals surface area contributed by atoms with Crippen LogP contribution in [0.25, 0.3) is 0 Å². The Morgan fingerprint density at radius 1 is 1.32 bits per heavy atom. The lowest BCUT2D eigenvalue weighted by atomic mass is 10.2. The van der Waals surface area contributed by atoms with Crippen LogP contribution < -0.4 is 19.5 Å². The topological polar surface area (TPSA) is 66.0 Å². The van der Waals surface area contributed by atoms with E-state index in [1.165, 1.54) is 7.11 Å². The number of ether oxygens (including phenoxy) is 4. The third-order valence-electron chi connectivity index (χ3n) is 2.33. The van der Waals surface area contributed by atoms with Crippen molar-refractivity contribution in [2.45, 2.75) is 26.4 Å². The summed E-state index contributed by atoms with van der Waals surface area (Å²) in [4.78, 5) is 11.7. The van der Waals surface area contributed by atoms with Gasteiger partial charge in [-0.3, -0.25) is 5.32 Å². The Morgan fingerprint density at radius 2 is 2.05 bits per heavy atom. The Hall–Kier alpha value is -2.11. The minimum atomic E-state index is -0.562. The number of carbonyl (C=O) groups is 1. The molecule has 19 heavy (non-hydrogen) atoms. The second-order valence-corrected chi connectivity index (χ2v) is 5.01. The second kappa shape index (κ2) is 4.87. The fourth-order valence-corrected chi connectivity index (χ4v) is 1.66. The van der Waals surface area contributed by atoms with Crippen LogP contribution in [-0.2, 0) is 4.74 Å². The number of amides is 1. The van der Waals surface area contributed by atoms with E-state index in [0.717, 1.165) is 0 Å². The quantitative estimate of drug-likeness (QED) is 0.892. The molecule has 0 bridgehead atoms. The zero-order chi connectivity index (χ0) is 14.0. The number of fused-ring (bicyclic) bond motifs is 1. The third kappa shape index (κ3) is 3.01. The zero-order valence-corrected chi connectivity index (χ0v) is 11.4. The Balaban J connectivity index is 2.19. The smallest absolute Gasteiger partial charge is 0.412 e. The molecule has 0 spiro atoms. The standard InChI is InChI=1S/C13H17NO5/c1-13(2,3)19-12(15)14-8-5-6-9-11(10(8)16-4)18-7-17-9/h5-6H,7H2,1-4H3,(H,14,15). The van der Waals surface area contributed by atoms with Crippen LogP contribution in [-0.4, -0.2) is 25.6 Å². The van der Waals surface area contributed by atoms with Crippen LogP contribution in [0, 0.1) is 0 Å². The fourth-order valence-electron chi connectivity index (χ4n) is 1.66. The molecular weight excluding hydrogens is 250 g/mol. The van der Waals surface area contributed by atoms with Gasteiger partial charge in [-0.1, -0.05) is 0 Å². The fraction of sp³-hybridized carbons (Fsp3) is 0.462. The molecule has 6 heteroatoms. The summed E-state index contributed by atoms with van der Waals surface area (Å²) < 4.78 is 21.0. The normalized spacial score (nSPS) is 13.1. The van der Waals surface area contributed by atoms with Crippen LogP contribution in [0.3, 0.4) is 0 Å². The maximum absolute atomic E-state index is 11.7. The molecule has 0 aliphatic carbocycles. The highest BCUT2D eigenvalue weighted by molar-refractivity contribution is 5.88. The molecule has 0 unspecified atom stereocenters. The van der Waals surface area contributed by atoms with Gasteiger partial charge in [-0.05, 0) is 32.9 Å². The summed E-state index contributed by atoms with van der Waals surface area (Å²) in [5.74, 6) is 1.49. The molecule has 0 saturated carbocycles. The number of rotatable bonds is 2. The van der Waals surface area contributed by atoms with Crippen molar-refractivity contribution in [3.05, 3.63) is 12.1 Å². The second-order valence-electron chi connectivity index (χ2n) is 5.01. The number of benzene rings is 1. The van der Waals surface area contributed by atoms with Crippen molar-refractivity contribution in [3.8, 4) is 17.2 Å². The predicted molar refractivity (Wildman–Crippen MR) is 69.0 cm³/mol. The van der Waals surface area contributed by atoms with Crippen molar-refractivity contribution in [2.75, 3.05) is 19.2 Å². The molecule has 1 aliphatic heterocycles. The molecule has 1 aliphatic rings. The zero-order valence-electron chi connectivity index (χ0n) is 11.4. The van der Waals surface area contributed by atoms with Gasteiger partial charge in [0, 0.05) is 0 Å². The molecule has 0 radical (unpaired) electrons. The van der Waals surface area contributed by atoms with Crippen LogP contribution in [0.5, 0.6) is 17.2 Å². The molecule has 2 rings (SSSR count). The summed E-state index contributed by atoms with van der Waals surface area (Å²) in [6.07, 6.45) is -0.551. The monoisotopic (exact) mass is 267 g/mol. The first-order chi connectivity index (χ1) is 8.90. The van der Waals surface area contributed by atoms with Crippen molar-refractivity contribution in [1.82, 2.24) is 0 Å². The van der Waals surface area contributed by atoms with Gasteiger partial charge in [0.15, 0.2) is 11.5 Å². The lowest BCUT2D eigenvalue weighted by Gasteiger charge is -2.20. The molecule has 1 aromatic rings. The molecule has 0 saturated heterocycles. The lowest BCUT2D eigenvalue weighted by Crippen LogP contribution is -2.27. The highest BCUT2D eigenvalue weighted by Gasteiger charge is 2.24. The molecule has 0 fully saturated rings. The molecular formula is C13H17NO5. The van der Waals surface area contributed by atoms with Crippen LogP contribution in [0.4, 0.5) is 10.5 Å². The van der Waals surface area contributed by atoms with E-state index in [1.54, 1.807) is 32.9 Å². The first-order valence-electron chi connectivity index (χ1n) is 5.87.